The first-order chi connectivity index (χ1) is 9.69. The van der Waals surface area contributed by atoms with Crippen molar-refractivity contribution in [1.82, 2.24) is 4.90 Å². The van der Waals surface area contributed by atoms with Crippen molar-refractivity contribution in [2.45, 2.75) is 25.8 Å². The summed E-state index contributed by atoms with van der Waals surface area (Å²) in [6.07, 6.45) is 4.15. The Labute approximate surface area is 120 Å². The third-order valence-electron chi connectivity index (χ3n) is 4.06. The van der Waals surface area contributed by atoms with Crippen molar-refractivity contribution in [3.05, 3.63) is 23.8 Å². The Kier molecular flexibility index (Phi) is 5.01. The topological polar surface area (TPSA) is 38.8 Å². The van der Waals surface area contributed by atoms with Crippen molar-refractivity contribution in [3.8, 4) is 11.5 Å². The summed E-state index contributed by atoms with van der Waals surface area (Å²) in [6.45, 7) is 3.97. The van der Waals surface area contributed by atoms with Gasteiger partial charge in [0.05, 0.1) is 14.2 Å². The lowest BCUT2D eigenvalue weighted by Gasteiger charge is -2.35. The Morgan fingerprint density at radius 1 is 1.30 bits per heavy atom. The molecule has 109 valence electrons. The molecular weight excluding hydrogens is 254 g/mol. The van der Waals surface area contributed by atoms with Crippen LogP contribution in [-0.4, -0.2) is 38.5 Å². The summed E-state index contributed by atoms with van der Waals surface area (Å²) in [6, 6.07) is 6.25. The van der Waals surface area contributed by atoms with Gasteiger partial charge < -0.3 is 9.47 Å². The zero-order valence-corrected chi connectivity index (χ0v) is 12.4. The van der Waals surface area contributed by atoms with E-state index in [0.29, 0.717) is 0 Å². The van der Waals surface area contributed by atoms with E-state index in [1.165, 1.54) is 5.56 Å². The van der Waals surface area contributed by atoms with E-state index in [1.54, 1.807) is 14.2 Å². The number of hydrogen-bond acceptors (Lipinski definition) is 4. The summed E-state index contributed by atoms with van der Waals surface area (Å²) in [4.78, 5) is 13.2. The monoisotopic (exact) mass is 276 g/mol. The van der Waals surface area contributed by atoms with Gasteiger partial charge in [-0.2, -0.15) is 0 Å². The minimum absolute atomic E-state index is 0.0475. The Morgan fingerprint density at radius 2 is 2.05 bits per heavy atom. The number of hydrogen-bond donors (Lipinski definition) is 0. The average molecular weight is 276 g/mol. The number of piperidine rings is 1. The third-order valence-corrected chi connectivity index (χ3v) is 4.06. The van der Waals surface area contributed by atoms with E-state index in [9.17, 15) is 4.79 Å². The maximum Gasteiger partial charge on any atom is 0.203 e. The number of ether oxygens (including phenoxy) is 2. The molecule has 0 aliphatic carbocycles. The van der Waals surface area contributed by atoms with Gasteiger partial charge in [0, 0.05) is 18.5 Å². The SMILES string of the molecule is COc1ccc(C(C)N2CCCC([C]=O)C2)cc1OC. The van der Waals surface area contributed by atoms with Gasteiger partial charge in [0.25, 0.3) is 0 Å². The van der Waals surface area contributed by atoms with Crippen molar-refractivity contribution < 1.29 is 14.3 Å². The molecule has 1 fully saturated rings. The van der Waals surface area contributed by atoms with E-state index < -0.39 is 0 Å². The highest BCUT2D eigenvalue weighted by molar-refractivity contribution is 5.55. The molecule has 1 aromatic carbocycles. The first kappa shape index (κ1) is 14.9. The van der Waals surface area contributed by atoms with Crippen molar-refractivity contribution in [1.29, 1.82) is 0 Å². The second-order valence-electron chi connectivity index (χ2n) is 5.24. The van der Waals surface area contributed by atoms with Gasteiger partial charge in [-0.15, -0.1) is 0 Å². The highest BCUT2D eigenvalue weighted by Crippen LogP contribution is 2.33. The number of methoxy groups -OCH3 is 2. The molecule has 2 atom stereocenters. The van der Waals surface area contributed by atoms with Gasteiger partial charge in [0.1, 0.15) is 0 Å². The van der Waals surface area contributed by atoms with Crippen LogP contribution >= 0.6 is 0 Å². The van der Waals surface area contributed by atoms with Gasteiger partial charge in [-0.3, -0.25) is 9.69 Å². The van der Waals surface area contributed by atoms with Gasteiger partial charge in [-0.1, -0.05) is 6.07 Å². The number of rotatable bonds is 5. The van der Waals surface area contributed by atoms with Gasteiger partial charge in [-0.25, -0.2) is 0 Å². The fourth-order valence-corrected chi connectivity index (χ4v) is 2.78. The van der Waals surface area contributed by atoms with Crippen LogP contribution in [0.5, 0.6) is 11.5 Å². The maximum absolute atomic E-state index is 10.9. The predicted molar refractivity (Wildman–Crippen MR) is 78.0 cm³/mol. The molecule has 1 aliphatic rings. The van der Waals surface area contributed by atoms with E-state index in [0.717, 1.165) is 37.4 Å². The summed E-state index contributed by atoms with van der Waals surface area (Å²) < 4.78 is 10.6. The predicted octanol–water partition coefficient (Wildman–Crippen LogP) is 2.59. The standard InChI is InChI=1S/C16H22NO3/c1-12(17-8-4-5-13(10-17)11-18)14-6-7-15(19-2)16(9-14)20-3/h6-7,9,12-13H,4-5,8,10H2,1-3H3. The van der Waals surface area contributed by atoms with Crippen molar-refractivity contribution in [2.75, 3.05) is 27.3 Å². The number of likely N-dealkylation sites (tertiary alicyclic amines) is 1. The average Bonchev–Trinajstić information content (AvgIpc) is 2.53. The Balaban J connectivity index is 2.15. The Hall–Kier alpha value is -1.55. The van der Waals surface area contributed by atoms with E-state index >= 15 is 0 Å². The second-order valence-corrected chi connectivity index (χ2v) is 5.24. The van der Waals surface area contributed by atoms with Gasteiger partial charge in [0.15, 0.2) is 11.5 Å². The molecule has 4 heteroatoms. The lowest BCUT2D eigenvalue weighted by Crippen LogP contribution is -2.37. The summed E-state index contributed by atoms with van der Waals surface area (Å²) in [5.41, 5.74) is 1.18. The molecule has 20 heavy (non-hydrogen) atoms. The van der Waals surface area contributed by atoms with Crippen molar-refractivity contribution in [3.63, 3.8) is 0 Å². The molecule has 0 amide bonds. The number of nitrogens with zero attached hydrogens (tertiary/aromatic N) is 1. The van der Waals surface area contributed by atoms with Gasteiger partial charge >= 0.3 is 0 Å². The smallest absolute Gasteiger partial charge is 0.203 e. The first-order valence-electron chi connectivity index (χ1n) is 7.03. The minimum Gasteiger partial charge on any atom is -0.493 e. The largest absolute Gasteiger partial charge is 0.493 e. The molecule has 2 rings (SSSR count). The summed E-state index contributed by atoms with van der Waals surface area (Å²) in [5.74, 6) is 1.53. The molecule has 1 aromatic rings. The van der Waals surface area contributed by atoms with E-state index in [1.807, 2.05) is 12.1 Å². The molecule has 1 saturated heterocycles. The van der Waals surface area contributed by atoms with Crippen LogP contribution in [0, 0.1) is 5.92 Å². The molecule has 1 radical (unpaired) electrons. The fourth-order valence-electron chi connectivity index (χ4n) is 2.78. The first-order valence-corrected chi connectivity index (χ1v) is 7.03. The molecule has 1 heterocycles. The quantitative estimate of drug-likeness (QED) is 0.828. The van der Waals surface area contributed by atoms with Crippen LogP contribution in [0.15, 0.2) is 18.2 Å². The molecule has 2 unspecified atom stereocenters. The zero-order valence-electron chi connectivity index (χ0n) is 12.4. The summed E-state index contributed by atoms with van der Waals surface area (Å²) in [7, 11) is 3.28. The molecule has 0 saturated carbocycles. The van der Waals surface area contributed by atoms with Crippen LogP contribution < -0.4 is 9.47 Å². The molecule has 0 spiro atoms. The molecule has 1 aliphatic heterocycles. The molecular formula is C16H22NO3. The highest BCUT2D eigenvalue weighted by atomic mass is 16.5. The summed E-state index contributed by atoms with van der Waals surface area (Å²) in [5, 5.41) is 0. The number of carbonyl (C=O) groups excluding carboxylic acids is 1. The highest BCUT2D eigenvalue weighted by Gasteiger charge is 2.25. The van der Waals surface area contributed by atoms with E-state index in [2.05, 4.69) is 24.2 Å². The molecule has 4 nitrogen and oxygen atoms in total. The van der Waals surface area contributed by atoms with E-state index in [4.69, 9.17) is 9.47 Å². The van der Waals surface area contributed by atoms with Crippen LogP contribution in [0.2, 0.25) is 0 Å². The van der Waals surface area contributed by atoms with Crippen molar-refractivity contribution >= 4 is 6.29 Å². The van der Waals surface area contributed by atoms with Crippen LogP contribution in [-0.2, 0) is 4.79 Å². The molecule has 0 N–H and O–H groups in total. The molecule has 0 aromatic heterocycles. The second kappa shape index (κ2) is 6.75. The van der Waals surface area contributed by atoms with E-state index in [-0.39, 0.29) is 12.0 Å². The number of benzene rings is 1. The van der Waals surface area contributed by atoms with Gasteiger partial charge in [-0.05, 0) is 44.0 Å². The summed E-state index contributed by atoms with van der Waals surface area (Å²) >= 11 is 0. The zero-order chi connectivity index (χ0) is 14.5. The normalized spacial score (nSPS) is 21.2. The van der Waals surface area contributed by atoms with Crippen LogP contribution in [0.1, 0.15) is 31.4 Å². The van der Waals surface area contributed by atoms with Crippen LogP contribution in [0.25, 0.3) is 0 Å². The fraction of sp³-hybridized carbons (Fsp3) is 0.562. The third kappa shape index (κ3) is 3.12. The van der Waals surface area contributed by atoms with Crippen LogP contribution in [0.3, 0.4) is 0 Å². The Morgan fingerprint density at radius 3 is 2.70 bits per heavy atom. The van der Waals surface area contributed by atoms with Crippen LogP contribution in [0.4, 0.5) is 0 Å². The lowest BCUT2D eigenvalue weighted by atomic mass is 9.96. The van der Waals surface area contributed by atoms with Crippen molar-refractivity contribution in [2.24, 2.45) is 5.92 Å². The van der Waals surface area contributed by atoms with Gasteiger partial charge in [0.2, 0.25) is 6.29 Å². The minimum atomic E-state index is 0.0475. The maximum atomic E-state index is 10.9. The lowest BCUT2D eigenvalue weighted by molar-refractivity contribution is 0.153. The Bertz CT molecular complexity index is 461. The molecule has 0 bridgehead atoms.